The van der Waals surface area contributed by atoms with Crippen LogP contribution in [0.3, 0.4) is 0 Å². The van der Waals surface area contributed by atoms with Crippen LogP contribution in [0.15, 0.2) is 24.3 Å². The van der Waals surface area contributed by atoms with E-state index < -0.39 is 6.43 Å². The second kappa shape index (κ2) is 4.85. The summed E-state index contributed by atoms with van der Waals surface area (Å²) in [5, 5.41) is 0.444. The highest BCUT2D eigenvalue weighted by Crippen LogP contribution is 2.30. The van der Waals surface area contributed by atoms with Crippen LogP contribution < -0.4 is 0 Å². The minimum atomic E-state index is -2.50. The van der Waals surface area contributed by atoms with E-state index in [0.717, 1.165) is 30.5 Å². The molecule has 0 atom stereocenters. The molecule has 19 heavy (non-hydrogen) atoms. The van der Waals surface area contributed by atoms with Gasteiger partial charge in [0.1, 0.15) is 5.15 Å². The molecule has 1 aromatic heterocycles. The predicted molar refractivity (Wildman–Crippen MR) is 69.5 cm³/mol. The average Bonchev–Trinajstić information content (AvgIpc) is 2.87. The molecule has 5 heteroatoms. The molecule has 1 heterocycles. The molecule has 0 radical (unpaired) electrons. The Morgan fingerprint density at radius 2 is 2.00 bits per heavy atom. The Labute approximate surface area is 114 Å². The summed E-state index contributed by atoms with van der Waals surface area (Å²) in [6.45, 7) is 0. The zero-order valence-corrected chi connectivity index (χ0v) is 10.8. The molecule has 98 valence electrons. The van der Waals surface area contributed by atoms with Gasteiger partial charge in [-0.2, -0.15) is 0 Å². The number of hydrogen-bond donors (Lipinski definition) is 0. The highest BCUT2D eigenvalue weighted by Gasteiger charge is 2.19. The minimum Gasteiger partial charge on any atom is -0.233 e. The third-order valence-corrected chi connectivity index (χ3v) is 3.59. The van der Waals surface area contributed by atoms with Gasteiger partial charge < -0.3 is 0 Å². The van der Waals surface area contributed by atoms with Crippen molar-refractivity contribution in [1.82, 2.24) is 9.97 Å². The number of hydrogen-bond acceptors (Lipinski definition) is 2. The number of benzene rings is 1. The highest BCUT2D eigenvalue weighted by molar-refractivity contribution is 6.30. The van der Waals surface area contributed by atoms with Gasteiger partial charge in [0.25, 0.3) is 6.43 Å². The molecule has 0 bridgehead atoms. The number of aromatic nitrogens is 2. The fourth-order valence-corrected chi connectivity index (χ4v) is 2.61. The molecule has 1 aromatic carbocycles. The van der Waals surface area contributed by atoms with Gasteiger partial charge in [0.05, 0.1) is 0 Å². The second-order valence-corrected chi connectivity index (χ2v) is 4.90. The minimum absolute atomic E-state index is 0.0299. The molecule has 1 aliphatic rings. The van der Waals surface area contributed by atoms with Crippen LogP contribution in [-0.4, -0.2) is 9.97 Å². The summed E-state index contributed by atoms with van der Waals surface area (Å²) in [5.74, 6) is 0.424. The Morgan fingerprint density at radius 3 is 2.79 bits per heavy atom. The molecular formula is C14H11ClF2N2. The van der Waals surface area contributed by atoms with Gasteiger partial charge in [0.15, 0.2) is 5.82 Å². The molecule has 0 N–H and O–H groups in total. The van der Waals surface area contributed by atoms with Crippen LogP contribution in [0, 0.1) is 0 Å². The van der Waals surface area contributed by atoms with E-state index in [4.69, 9.17) is 11.6 Å². The monoisotopic (exact) mass is 280 g/mol. The molecule has 0 saturated heterocycles. The first-order valence-corrected chi connectivity index (χ1v) is 6.46. The molecule has 0 saturated carbocycles. The van der Waals surface area contributed by atoms with Crippen LogP contribution >= 0.6 is 11.6 Å². The molecule has 2 aromatic rings. The molecule has 1 aliphatic carbocycles. The van der Waals surface area contributed by atoms with E-state index >= 15 is 0 Å². The van der Waals surface area contributed by atoms with Crippen LogP contribution in [0.4, 0.5) is 8.78 Å². The predicted octanol–water partition coefficient (Wildman–Crippen LogP) is 4.22. The molecule has 0 spiro atoms. The lowest BCUT2D eigenvalue weighted by atomic mass is 10.1. The van der Waals surface area contributed by atoms with Gasteiger partial charge in [-0.05, 0) is 25.3 Å². The Morgan fingerprint density at radius 1 is 1.16 bits per heavy atom. The van der Waals surface area contributed by atoms with Gasteiger partial charge >= 0.3 is 0 Å². The number of alkyl halides is 2. The van der Waals surface area contributed by atoms with E-state index in [1.807, 2.05) is 0 Å². The van der Waals surface area contributed by atoms with Gasteiger partial charge in [-0.25, -0.2) is 18.7 Å². The standard InChI is InChI=1S/C14H11ClF2N2/c15-12-10-5-2-6-11(10)18-14(19-12)9-4-1-3-8(7-9)13(16)17/h1,3-4,7,13H,2,5-6H2. The van der Waals surface area contributed by atoms with Gasteiger partial charge in [-0.3, -0.25) is 0 Å². The first-order valence-electron chi connectivity index (χ1n) is 6.09. The summed E-state index contributed by atoms with van der Waals surface area (Å²) in [7, 11) is 0. The molecule has 0 unspecified atom stereocenters. The van der Waals surface area contributed by atoms with Crippen molar-refractivity contribution in [3.63, 3.8) is 0 Å². The molecule has 0 amide bonds. The lowest BCUT2D eigenvalue weighted by Crippen LogP contribution is -1.98. The average molecular weight is 281 g/mol. The first-order chi connectivity index (χ1) is 9.15. The molecule has 0 fully saturated rings. The topological polar surface area (TPSA) is 25.8 Å². The quantitative estimate of drug-likeness (QED) is 0.770. The van der Waals surface area contributed by atoms with Crippen molar-refractivity contribution in [3.8, 4) is 11.4 Å². The Balaban J connectivity index is 2.07. The van der Waals surface area contributed by atoms with Crippen molar-refractivity contribution >= 4 is 11.6 Å². The van der Waals surface area contributed by atoms with Crippen molar-refractivity contribution in [2.24, 2.45) is 0 Å². The van der Waals surface area contributed by atoms with E-state index in [1.165, 1.54) is 12.1 Å². The number of halogens is 3. The van der Waals surface area contributed by atoms with Crippen LogP contribution in [0.2, 0.25) is 5.15 Å². The van der Waals surface area contributed by atoms with Crippen molar-refractivity contribution in [3.05, 3.63) is 46.2 Å². The Bertz CT molecular complexity index is 629. The van der Waals surface area contributed by atoms with E-state index in [1.54, 1.807) is 12.1 Å². The maximum absolute atomic E-state index is 12.7. The van der Waals surface area contributed by atoms with Crippen LogP contribution in [-0.2, 0) is 12.8 Å². The zero-order valence-electron chi connectivity index (χ0n) is 10.0. The van der Waals surface area contributed by atoms with Gasteiger partial charge in [0.2, 0.25) is 0 Å². The Kier molecular flexibility index (Phi) is 3.19. The number of fused-ring (bicyclic) bond motifs is 1. The first kappa shape index (κ1) is 12.5. The third kappa shape index (κ3) is 2.32. The lowest BCUT2D eigenvalue weighted by Gasteiger charge is -2.07. The fraction of sp³-hybridized carbons (Fsp3) is 0.286. The van der Waals surface area contributed by atoms with Crippen molar-refractivity contribution in [1.29, 1.82) is 0 Å². The van der Waals surface area contributed by atoms with Gasteiger partial charge in [0, 0.05) is 22.4 Å². The van der Waals surface area contributed by atoms with Crippen molar-refractivity contribution in [2.45, 2.75) is 25.7 Å². The van der Waals surface area contributed by atoms with E-state index in [0.29, 0.717) is 16.5 Å². The SMILES string of the molecule is FC(F)c1cccc(-c2nc(Cl)c3c(n2)CCC3)c1. The number of aryl methyl sites for hydroxylation is 1. The Hall–Kier alpha value is -1.55. The molecular weight excluding hydrogens is 270 g/mol. The highest BCUT2D eigenvalue weighted by atomic mass is 35.5. The maximum atomic E-state index is 12.7. The summed E-state index contributed by atoms with van der Waals surface area (Å²) in [6.07, 6.45) is 0.291. The summed E-state index contributed by atoms with van der Waals surface area (Å²) in [5.41, 5.74) is 2.49. The number of nitrogens with zero attached hydrogens (tertiary/aromatic N) is 2. The summed E-state index contributed by atoms with van der Waals surface area (Å²) in [6, 6.07) is 6.11. The van der Waals surface area contributed by atoms with Crippen LogP contribution in [0.1, 0.15) is 29.7 Å². The smallest absolute Gasteiger partial charge is 0.233 e. The maximum Gasteiger partial charge on any atom is 0.263 e. The fourth-order valence-electron chi connectivity index (χ4n) is 2.33. The lowest BCUT2D eigenvalue weighted by molar-refractivity contribution is 0.151. The van der Waals surface area contributed by atoms with Crippen LogP contribution in [0.5, 0.6) is 0 Å². The van der Waals surface area contributed by atoms with E-state index in [2.05, 4.69) is 9.97 Å². The largest absolute Gasteiger partial charge is 0.263 e. The van der Waals surface area contributed by atoms with Crippen molar-refractivity contribution in [2.75, 3.05) is 0 Å². The summed E-state index contributed by atoms with van der Waals surface area (Å²) in [4.78, 5) is 8.67. The normalized spacial score (nSPS) is 13.9. The zero-order chi connectivity index (χ0) is 13.4. The molecule has 2 nitrogen and oxygen atoms in total. The summed E-state index contributed by atoms with van der Waals surface area (Å²) >= 11 is 6.13. The van der Waals surface area contributed by atoms with Gasteiger partial charge in [-0.1, -0.05) is 29.8 Å². The van der Waals surface area contributed by atoms with E-state index in [-0.39, 0.29) is 5.56 Å². The van der Waals surface area contributed by atoms with Crippen molar-refractivity contribution < 1.29 is 8.78 Å². The third-order valence-electron chi connectivity index (χ3n) is 3.28. The summed E-state index contributed by atoms with van der Waals surface area (Å²) < 4.78 is 25.4. The van der Waals surface area contributed by atoms with Crippen LogP contribution in [0.25, 0.3) is 11.4 Å². The van der Waals surface area contributed by atoms with Gasteiger partial charge in [-0.15, -0.1) is 0 Å². The molecule has 3 rings (SSSR count). The number of rotatable bonds is 2. The second-order valence-electron chi connectivity index (χ2n) is 4.54. The van der Waals surface area contributed by atoms with E-state index in [9.17, 15) is 8.78 Å². The molecule has 0 aliphatic heterocycles.